The number of halogens is 2. The first-order valence-electron chi connectivity index (χ1n) is 12.6. The highest BCUT2D eigenvalue weighted by Gasteiger charge is 2.45. The van der Waals surface area contributed by atoms with Crippen molar-refractivity contribution >= 4 is 21.5 Å². The van der Waals surface area contributed by atoms with Crippen molar-refractivity contribution in [2.75, 3.05) is 13.6 Å². The highest BCUT2D eigenvalue weighted by atomic mass is 32.2. The summed E-state index contributed by atoms with van der Waals surface area (Å²) >= 11 is 0. The second-order valence-corrected chi connectivity index (χ2v) is 12.6. The maximum Gasteiger partial charge on any atom is 0.248 e. The number of hydrogen-bond acceptors (Lipinski definition) is 3. The van der Waals surface area contributed by atoms with Gasteiger partial charge in [0.1, 0.15) is 6.04 Å². The SMILES string of the molecule is Cc1ccc(S(=O)(=O)N2CCC[C@H]2C(=O)N(C)C2CCC(F)(F)CC2)c(C2=CC3CCC2C3)c1. The van der Waals surface area contributed by atoms with Crippen LogP contribution >= 0.6 is 0 Å². The third-order valence-corrected chi connectivity index (χ3v) is 10.4. The van der Waals surface area contributed by atoms with Crippen molar-refractivity contribution in [2.45, 2.75) is 87.6 Å². The monoisotopic (exact) mass is 492 g/mol. The van der Waals surface area contributed by atoms with Crippen molar-refractivity contribution in [3.63, 3.8) is 0 Å². The molecule has 2 saturated carbocycles. The number of allylic oxidation sites excluding steroid dienone is 2. The van der Waals surface area contributed by atoms with Gasteiger partial charge in [-0.15, -0.1) is 0 Å². The molecule has 1 aromatic rings. The molecule has 2 bridgehead atoms. The molecule has 1 aliphatic heterocycles. The number of hydrogen-bond donors (Lipinski definition) is 0. The van der Waals surface area contributed by atoms with Gasteiger partial charge >= 0.3 is 0 Å². The number of amides is 1. The fourth-order valence-electron chi connectivity index (χ4n) is 6.47. The smallest absolute Gasteiger partial charge is 0.248 e. The molecule has 1 amide bonds. The highest BCUT2D eigenvalue weighted by molar-refractivity contribution is 7.89. The van der Waals surface area contributed by atoms with Crippen LogP contribution in [0.2, 0.25) is 0 Å². The summed E-state index contributed by atoms with van der Waals surface area (Å²) in [5, 5.41) is 0. The third kappa shape index (κ3) is 4.21. The number of sulfonamides is 1. The van der Waals surface area contributed by atoms with Crippen molar-refractivity contribution in [1.29, 1.82) is 0 Å². The van der Waals surface area contributed by atoms with E-state index in [-0.39, 0.29) is 42.5 Å². The summed E-state index contributed by atoms with van der Waals surface area (Å²) in [4.78, 5) is 15.2. The lowest BCUT2D eigenvalue weighted by Gasteiger charge is -2.37. The Morgan fingerprint density at radius 2 is 1.85 bits per heavy atom. The van der Waals surface area contributed by atoms with Gasteiger partial charge in [0.05, 0.1) is 4.90 Å². The lowest BCUT2D eigenvalue weighted by Crippen LogP contribution is -2.50. The van der Waals surface area contributed by atoms with E-state index < -0.39 is 22.0 Å². The summed E-state index contributed by atoms with van der Waals surface area (Å²) in [7, 11) is -2.26. The normalized spacial score (nSPS) is 29.4. The molecule has 1 saturated heterocycles. The maximum atomic E-state index is 14.0. The number of fused-ring (bicyclic) bond motifs is 2. The number of carbonyl (C=O) groups is 1. The van der Waals surface area contributed by atoms with E-state index in [0.29, 0.717) is 31.2 Å². The summed E-state index contributed by atoms with van der Waals surface area (Å²) in [6, 6.07) is 4.44. The summed E-state index contributed by atoms with van der Waals surface area (Å²) in [6.45, 7) is 2.27. The highest BCUT2D eigenvalue weighted by Crippen LogP contribution is 2.49. The van der Waals surface area contributed by atoms with Crippen LogP contribution in [0.5, 0.6) is 0 Å². The van der Waals surface area contributed by atoms with Crippen molar-refractivity contribution in [3.05, 3.63) is 35.4 Å². The number of alkyl halides is 2. The van der Waals surface area contributed by atoms with Gasteiger partial charge < -0.3 is 4.90 Å². The average Bonchev–Trinajstić information content (AvgIpc) is 3.55. The van der Waals surface area contributed by atoms with Gasteiger partial charge in [-0.3, -0.25) is 4.79 Å². The van der Waals surface area contributed by atoms with E-state index in [0.717, 1.165) is 29.5 Å². The second-order valence-electron chi connectivity index (χ2n) is 10.7. The van der Waals surface area contributed by atoms with Crippen LogP contribution in [0.4, 0.5) is 8.78 Å². The molecule has 34 heavy (non-hydrogen) atoms. The second kappa shape index (κ2) is 8.70. The first-order valence-corrected chi connectivity index (χ1v) is 14.0. The van der Waals surface area contributed by atoms with Crippen molar-refractivity contribution in [1.82, 2.24) is 9.21 Å². The molecule has 1 aromatic carbocycles. The van der Waals surface area contributed by atoms with E-state index in [2.05, 4.69) is 6.08 Å². The average molecular weight is 493 g/mol. The zero-order valence-electron chi connectivity index (χ0n) is 20.0. The Balaban J connectivity index is 1.41. The van der Waals surface area contributed by atoms with E-state index >= 15 is 0 Å². The van der Waals surface area contributed by atoms with Gasteiger partial charge in [0.2, 0.25) is 21.9 Å². The van der Waals surface area contributed by atoms with Crippen LogP contribution in [0.25, 0.3) is 5.57 Å². The maximum absolute atomic E-state index is 14.0. The van der Waals surface area contributed by atoms with E-state index in [9.17, 15) is 22.0 Å². The molecule has 4 aliphatic rings. The van der Waals surface area contributed by atoms with Gasteiger partial charge in [0.15, 0.2) is 0 Å². The zero-order chi connectivity index (χ0) is 24.3. The Labute approximate surface area is 201 Å². The van der Waals surface area contributed by atoms with Crippen LogP contribution < -0.4 is 0 Å². The fourth-order valence-corrected chi connectivity index (χ4v) is 8.32. The Bertz CT molecular complexity index is 1110. The molecule has 5 nitrogen and oxygen atoms in total. The Morgan fingerprint density at radius 3 is 2.50 bits per heavy atom. The van der Waals surface area contributed by atoms with E-state index in [1.165, 1.54) is 15.6 Å². The van der Waals surface area contributed by atoms with Crippen LogP contribution in [-0.4, -0.2) is 55.1 Å². The summed E-state index contributed by atoms with van der Waals surface area (Å²) in [5.41, 5.74) is 2.94. The molecule has 1 heterocycles. The quantitative estimate of drug-likeness (QED) is 0.581. The topological polar surface area (TPSA) is 57.7 Å². The lowest BCUT2D eigenvalue weighted by atomic mass is 9.91. The predicted octanol–water partition coefficient (Wildman–Crippen LogP) is 5.00. The van der Waals surface area contributed by atoms with Gasteiger partial charge in [0, 0.05) is 32.5 Å². The fraction of sp³-hybridized carbons (Fsp3) is 0.654. The van der Waals surface area contributed by atoms with Gasteiger partial charge in [-0.05, 0) is 80.9 Å². The molecule has 3 atom stereocenters. The molecule has 3 fully saturated rings. The molecular formula is C26H34F2N2O3S. The summed E-state index contributed by atoms with van der Waals surface area (Å²) in [5.74, 6) is -2.00. The Hall–Kier alpha value is -1.80. The molecule has 8 heteroatoms. The largest absolute Gasteiger partial charge is 0.341 e. The van der Waals surface area contributed by atoms with E-state index in [1.54, 1.807) is 13.1 Å². The molecule has 0 spiro atoms. The zero-order valence-corrected chi connectivity index (χ0v) is 20.8. The van der Waals surface area contributed by atoms with Crippen LogP contribution in [0.15, 0.2) is 29.2 Å². The number of likely N-dealkylation sites (N-methyl/N-ethyl adjacent to an activating group) is 1. The van der Waals surface area contributed by atoms with Crippen LogP contribution in [0.1, 0.15) is 68.9 Å². The molecule has 0 N–H and O–H groups in total. The van der Waals surface area contributed by atoms with Gasteiger partial charge in [-0.25, -0.2) is 17.2 Å². The van der Waals surface area contributed by atoms with Gasteiger partial charge in [-0.1, -0.05) is 23.8 Å². The third-order valence-electron chi connectivity index (χ3n) is 8.43. The van der Waals surface area contributed by atoms with Crippen molar-refractivity contribution in [3.8, 4) is 0 Å². The van der Waals surface area contributed by atoms with E-state index in [4.69, 9.17) is 0 Å². The molecule has 2 unspecified atom stereocenters. The molecule has 3 aliphatic carbocycles. The summed E-state index contributed by atoms with van der Waals surface area (Å²) < 4.78 is 56.5. The minimum Gasteiger partial charge on any atom is -0.341 e. The number of nitrogens with zero attached hydrogens (tertiary/aromatic N) is 2. The first kappa shape index (κ1) is 23.9. The van der Waals surface area contributed by atoms with Crippen molar-refractivity contribution < 1.29 is 22.0 Å². The van der Waals surface area contributed by atoms with Crippen LogP contribution in [0, 0.1) is 18.8 Å². The summed E-state index contributed by atoms with van der Waals surface area (Å²) in [6.07, 6.45) is 6.71. The van der Waals surface area contributed by atoms with Gasteiger partial charge in [0.25, 0.3) is 0 Å². The lowest BCUT2D eigenvalue weighted by molar-refractivity contribution is -0.138. The Morgan fingerprint density at radius 1 is 1.12 bits per heavy atom. The minimum atomic E-state index is -3.89. The molecule has 186 valence electrons. The number of benzene rings is 1. The molecule has 5 rings (SSSR count). The minimum absolute atomic E-state index is 0.230. The standard InChI is InChI=1S/C26H34F2N2O3S/c1-17-5-8-24(22(14-17)21-16-18-6-7-19(21)15-18)34(32,33)30-13-3-4-23(30)25(31)29(2)20-9-11-26(27,28)12-10-20/h5,8,14,16,18-20,23H,3-4,6-7,9-13,15H2,1-2H3/t18?,19?,23-/m0/s1. The number of aryl methyl sites for hydroxylation is 1. The molecule has 0 aromatic heterocycles. The Kier molecular flexibility index (Phi) is 6.12. The molecular weight excluding hydrogens is 458 g/mol. The van der Waals surface area contributed by atoms with Crippen LogP contribution in [-0.2, 0) is 14.8 Å². The predicted molar refractivity (Wildman–Crippen MR) is 127 cm³/mol. The van der Waals surface area contributed by atoms with Gasteiger partial charge in [-0.2, -0.15) is 4.31 Å². The number of rotatable bonds is 5. The number of carbonyl (C=O) groups excluding carboxylic acids is 1. The van der Waals surface area contributed by atoms with Crippen LogP contribution in [0.3, 0.4) is 0 Å². The first-order chi connectivity index (χ1) is 16.1. The molecule has 0 radical (unpaired) electrons. The van der Waals surface area contributed by atoms with Crippen molar-refractivity contribution in [2.24, 2.45) is 11.8 Å². The van der Waals surface area contributed by atoms with E-state index in [1.807, 2.05) is 19.1 Å².